The van der Waals surface area contributed by atoms with E-state index >= 15 is 0 Å². The van der Waals surface area contributed by atoms with Gasteiger partial charge in [0.2, 0.25) is 0 Å². The van der Waals surface area contributed by atoms with E-state index in [1.54, 1.807) is 0 Å². The predicted molar refractivity (Wildman–Crippen MR) is 71.3 cm³/mol. The zero-order valence-corrected chi connectivity index (χ0v) is 11.7. The van der Waals surface area contributed by atoms with Crippen LogP contribution in [0.3, 0.4) is 0 Å². The van der Waals surface area contributed by atoms with Crippen LogP contribution in [0.4, 0.5) is 0 Å². The van der Waals surface area contributed by atoms with Crippen LogP contribution >= 0.6 is 15.9 Å². The molecule has 0 spiro atoms. The molecule has 0 bridgehead atoms. The molecule has 0 radical (unpaired) electrons. The summed E-state index contributed by atoms with van der Waals surface area (Å²) in [6.45, 7) is 0.727. The van der Waals surface area contributed by atoms with Gasteiger partial charge in [0.1, 0.15) is 0 Å². The van der Waals surface area contributed by atoms with Crippen LogP contribution in [0, 0.1) is 0 Å². The van der Waals surface area contributed by atoms with Gasteiger partial charge in [0.25, 0.3) is 11.7 Å². The Morgan fingerprint density at radius 2 is 2.37 bits per heavy atom. The van der Waals surface area contributed by atoms with E-state index in [2.05, 4.69) is 36.6 Å². The standard InChI is InChI=1S/C12H12BrN5O/c13-9-4-1-3-8(7-9)10-5-2-6-18(10)12(19)11-14-16-17-15-11/h1,3-4,7,10H,2,5-6H2,(H,14,15,16,17). The molecule has 7 heteroatoms. The monoisotopic (exact) mass is 321 g/mol. The van der Waals surface area contributed by atoms with Gasteiger partial charge in [-0.25, -0.2) is 0 Å². The first-order chi connectivity index (χ1) is 9.25. The molecule has 2 aromatic rings. The van der Waals surface area contributed by atoms with Crippen LogP contribution in [-0.2, 0) is 0 Å². The highest BCUT2D eigenvalue weighted by Gasteiger charge is 2.32. The van der Waals surface area contributed by atoms with Gasteiger partial charge in [-0.15, -0.1) is 10.2 Å². The molecule has 1 aliphatic rings. The van der Waals surface area contributed by atoms with Gasteiger partial charge in [-0.1, -0.05) is 28.1 Å². The van der Waals surface area contributed by atoms with E-state index in [4.69, 9.17) is 0 Å². The molecule has 1 aromatic heterocycles. The Morgan fingerprint density at radius 3 is 3.11 bits per heavy atom. The number of halogens is 1. The van der Waals surface area contributed by atoms with Crippen molar-refractivity contribution in [1.82, 2.24) is 25.5 Å². The Hall–Kier alpha value is -1.76. The maximum absolute atomic E-state index is 12.3. The van der Waals surface area contributed by atoms with Gasteiger partial charge < -0.3 is 4.90 Å². The summed E-state index contributed by atoms with van der Waals surface area (Å²) in [5, 5.41) is 13.3. The third-order valence-corrected chi connectivity index (χ3v) is 3.78. The van der Waals surface area contributed by atoms with Crippen molar-refractivity contribution in [1.29, 1.82) is 0 Å². The van der Waals surface area contributed by atoms with Gasteiger partial charge in [-0.2, -0.15) is 5.21 Å². The zero-order chi connectivity index (χ0) is 13.2. The molecule has 2 heterocycles. The van der Waals surface area contributed by atoms with Gasteiger partial charge in [-0.3, -0.25) is 4.79 Å². The molecule has 0 saturated carbocycles. The average Bonchev–Trinajstić information content (AvgIpc) is 3.09. The fraction of sp³-hybridized carbons (Fsp3) is 0.333. The summed E-state index contributed by atoms with van der Waals surface area (Å²) in [5.41, 5.74) is 1.13. The van der Waals surface area contributed by atoms with E-state index < -0.39 is 0 Å². The summed E-state index contributed by atoms with van der Waals surface area (Å²) < 4.78 is 1.02. The molecular weight excluding hydrogens is 310 g/mol. The number of benzene rings is 1. The largest absolute Gasteiger partial charge is 0.329 e. The first kappa shape index (κ1) is 12.3. The van der Waals surface area contributed by atoms with Crippen molar-refractivity contribution in [3.05, 3.63) is 40.1 Å². The van der Waals surface area contributed by atoms with Crippen molar-refractivity contribution in [3.8, 4) is 0 Å². The molecule has 1 fully saturated rings. The van der Waals surface area contributed by atoms with Gasteiger partial charge in [0, 0.05) is 11.0 Å². The van der Waals surface area contributed by atoms with Gasteiger partial charge in [0.05, 0.1) is 6.04 Å². The lowest BCUT2D eigenvalue weighted by molar-refractivity contribution is 0.0723. The number of amides is 1. The van der Waals surface area contributed by atoms with Crippen LogP contribution < -0.4 is 0 Å². The predicted octanol–water partition coefficient (Wildman–Crippen LogP) is 1.94. The molecule has 1 N–H and O–H groups in total. The molecule has 19 heavy (non-hydrogen) atoms. The Morgan fingerprint density at radius 1 is 1.47 bits per heavy atom. The van der Waals surface area contributed by atoms with Crippen LogP contribution in [0.25, 0.3) is 0 Å². The SMILES string of the molecule is O=C(c1nn[nH]n1)N1CCCC1c1cccc(Br)c1. The molecule has 98 valence electrons. The Bertz CT molecular complexity index is 586. The molecule has 1 aromatic carbocycles. The van der Waals surface area contributed by atoms with Crippen LogP contribution in [0.2, 0.25) is 0 Å². The van der Waals surface area contributed by atoms with E-state index in [0.717, 1.165) is 29.4 Å². The quantitative estimate of drug-likeness (QED) is 0.917. The third kappa shape index (κ3) is 2.37. The maximum Gasteiger partial charge on any atom is 0.295 e. The lowest BCUT2D eigenvalue weighted by Crippen LogP contribution is -2.31. The summed E-state index contributed by atoms with van der Waals surface area (Å²) in [7, 11) is 0. The minimum atomic E-state index is -0.170. The third-order valence-electron chi connectivity index (χ3n) is 3.28. The van der Waals surface area contributed by atoms with Crippen LogP contribution in [0.5, 0.6) is 0 Å². The number of hydrogen-bond acceptors (Lipinski definition) is 4. The number of carbonyl (C=O) groups excluding carboxylic acids is 1. The normalized spacial score (nSPS) is 18.8. The summed E-state index contributed by atoms with van der Waals surface area (Å²) in [6.07, 6.45) is 1.95. The van der Waals surface area contributed by atoms with Gasteiger partial charge in [0.15, 0.2) is 0 Å². The molecule has 0 aliphatic carbocycles. The Kier molecular flexibility index (Phi) is 3.29. The second-order valence-electron chi connectivity index (χ2n) is 4.45. The number of likely N-dealkylation sites (tertiary alicyclic amines) is 1. The number of tetrazole rings is 1. The number of aromatic amines is 1. The number of nitrogens with one attached hydrogen (secondary N) is 1. The number of carbonyl (C=O) groups is 1. The molecular formula is C12H12BrN5O. The lowest BCUT2D eigenvalue weighted by atomic mass is 10.0. The Balaban J connectivity index is 1.88. The molecule has 1 unspecified atom stereocenters. The van der Waals surface area contributed by atoms with E-state index in [-0.39, 0.29) is 17.8 Å². The molecule has 1 amide bonds. The molecule has 6 nitrogen and oxygen atoms in total. The molecule has 1 atom stereocenters. The molecule has 1 aliphatic heterocycles. The topological polar surface area (TPSA) is 74.8 Å². The zero-order valence-electron chi connectivity index (χ0n) is 10.1. The van der Waals surface area contributed by atoms with Crippen molar-refractivity contribution in [3.63, 3.8) is 0 Å². The van der Waals surface area contributed by atoms with Crippen LogP contribution in [0.15, 0.2) is 28.7 Å². The Labute approximate surface area is 118 Å². The lowest BCUT2D eigenvalue weighted by Gasteiger charge is -2.23. The van der Waals surface area contributed by atoms with Crippen molar-refractivity contribution in [2.75, 3.05) is 6.54 Å². The van der Waals surface area contributed by atoms with E-state index in [1.807, 2.05) is 29.2 Å². The van der Waals surface area contributed by atoms with Gasteiger partial charge in [-0.05, 0) is 35.8 Å². The van der Waals surface area contributed by atoms with E-state index in [9.17, 15) is 4.79 Å². The number of hydrogen-bond donors (Lipinski definition) is 1. The number of rotatable bonds is 2. The number of H-pyrrole nitrogens is 1. The number of aromatic nitrogens is 4. The fourth-order valence-corrected chi connectivity index (χ4v) is 2.87. The van der Waals surface area contributed by atoms with Gasteiger partial charge >= 0.3 is 0 Å². The van der Waals surface area contributed by atoms with Crippen molar-refractivity contribution < 1.29 is 4.79 Å². The molecule has 3 rings (SSSR count). The highest BCUT2D eigenvalue weighted by molar-refractivity contribution is 9.10. The second-order valence-corrected chi connectivity index (χ2v) is 5.36. The first-order valence-electron chi connectivity index (χ1n) is 6.05. The fourth-order valence-electron chi connectivity index (χ4n) is 2.45. The van der Waals surface area contributed by atoms with Crippen molar-refractivity contribution >= 4 is 21.8 Å². The summed E-state index contributed by atoms with van der Waals surface area (Å²) >= 11 is 3.46. The highest BCUT2D eigenvalue weighted by atomic mass is 79.9. The second kappa shape index (κ2) is 5.08. The summed E-state index contributed by atoms with van der Waals surface area (Å²) in [4.78, 5) is 14.1. The van der Waals surface area contributed by atoms with Crippen molar-refractivity contribution in [2.45, 2.75) is 18.9 Å². The minimum absolute atomic E-state index is 0.0866. The number of nitrogens with zero attached hydrogens (tertiary/aromatic N) is 4. The summed E-state index contributed by atoms with van der Waals surface area (Å²) in [6, 6.07) is 8.13. The highest BCUT2D eigenvalue weighted by Crippen LogP contribution is 2.33. The van der Waals surface area contributed by atoms with Crippen LogP contribution in [-0.4, -0.2) is 38.0 Å². The maximum atomic E-state index is 12.3. The van der Waals surface area contributed by atoms with Crippen molar-refractivity contribution in [2.24, 2.45) is 0 Å². The summed E-state index contributed by atoms with van der Waals surface area (Å²) in [5.74, 6) is -0.0434. The molecule has 1 saturated heterocycles. The average molecular weight is 322 g/mol. The first-order valence-corrected chi connectivity index (χ1v) is 6.85. The van der Waals surface area contributed by atoms with E-state index in [0.29, 0.717) is 0 Å². The smallest absolute Gasteiger partial charge is 0.295 e. The van der Waals surface area contributed by atoms with Crippen LogP contribution in [0.1, 0.15) is 35.1 Å². The van der Waals surface area contributed by atoms with E-state index in [1.165, 1.54) is 0 Å². The minimum Gasteiger partial charge on any atom is -0.329 e.